The Morgan fingerprint density at radius 1 is 1.14 bits per heavy atom. The lowest BCUT2D eigenvalue weighted by Crippen LogP contribution is -2.15. The second kappa shape index (κ2) is 5.50. The van der Waals surface area contributed by atoms with E-state index < -0.39 is 11.9 Å². The minimum Gasteiger partial charge on any atom is -0.450 e. The molecule has 1 aromatic heterocycles. The van der Waals surface area contributed by atoms with E-state index in [1.54, 1.807) is 18.2 Å². The molecule has 0 saturated heterocycles. The number of fused-ring (bicyclic) bond motifs is 1. The van der Waals surface area contributed by atoms with Crippen LogP contribution >= 0.6 is 0 Å². The molecule has 0 amide bonds. The van der Waals surface area contributed by atoms with E-state index in [9.17, 15) is 9.18 Å². The van der Waals surface area contributed by atoms with Crippen molar-refractivity contribution in [1.82, 2.24) is 0 Å². The molecule has 1 unspecified atom stereocenters. The summed E-state index contributed by atoms with van der Waals surface area (Å²) in [5.41, 5.74) is 7.01. The van der Waals surface area contributed by atoms with Crippen molar-refractivity contribution in [3.05, 3.63) is 71.7 Å². The molecule has 0 radical (unpaired) electrons. The van der Waals surface area contributed by atoms with Crippen LogP contribution < -0.4 is 5.73 Å². The Balaban J connectivity index is 1.82. The van der Waals surface area contributed by atoms with E-state index in [1.807, 2.05) is 30.3 Å². The number of para-hydroxylation sites is 1. The fourth-order valence-corrected chi connectivity index (χ4v) is 2.28. The first-order valence-corrected chi connectivity index (χ1v) is 6.67. The van der Waals surface area contributed by atoms with E-state index in [-0.39, 0.29) is 23.5 Å². The minimum absolute atomic E-state index is 0.106. The highest BCUT2D eigenvalue weighted by atomic mass is 19.1. The molecule has 0 fully saturated rings. The van der Waals surface area contributed by atoms with Gasteiger partial charge < -0.3 is 10.2 Å². The molecule has 3 rings (SSSR count). The summed E-state index contributed by atoms with van der Waals surface area (Å²) in [5, 5.41) is 0.576. The number of hydrogen-bond donors (Lipinski definition) is 1. The molecule has 0 spiro atoms. The van der Waals surface area contributed by atoms with E-state index in [0.717, 1.165) is 5.56 Å². The fraction of sp³-hybridized carbons (Fsp3) is 0.118. The zero-order valence-electron chi connectivity index (χ0n) is 11.3. The van der Waals surface area contributed by atoms with Crippen LogP contribution in [0.1, 0.15) is 28.6 Å². The summed E-state index contributed by atoms with van der Waals surface area (Å²) in [6.45, 7) is 0. The molecule has 1 heterocycles. The molecule has 4 heteroatoms. The van der Waals surface area contributed by atoms with Crippen molar-refractivity contribution >= 4 is 16.8 Å². The Kier molecular flexibility index (Phi) is 3.54. The number of nitrogens with two attached hydrogens (primary N) is 1. The third kappa shape index (κ3) is 2.71. The van der Waals surface area contributed by atoms with Crippen LogP contribution in [-0.2, 0) is 0 Å². The molecule has 21 heavy (non-hydrogen) atoms. The van der Waals surface area contributed by atoms with Crippen molar-refractivity contribution in [2.75, 3.05) is 0 Å². The highest BCUT2D eigenvalue weighted by molar-refractivity contribution is 5.98. The Bertz CT molecular complexity index is 780. The summed E-state index contributed by atoms with van der Waals surface area (Å²) < 4.78 is 18.9. The van der Waals surface area contributed by atoms with Crippen LogP contribution in [0.25, 0.3) is 11.0 Å². The molecule has 3 nitrogen and oxygen atoms in total. The number of carbonyl (C=O) groups is 1. The van der Waals surface area contributed by atoms with Gasteiger partial charge in [-0.2, -0.15) is 0 Å². The summed E-state index contributed by atoms with van der Waals surface area (Å²) >= 11 is 0. The number of ketones is 1. The van der Waals surface area contributed by atoms with E-state index in [1.165, 1.54) is 6.07 Å². The Hall–Kier alpha value is -2.46. The molecule has 0 aliphatic heterocycles. The first-order chi connectivity index (χ1) is 10.1. The van der Waals surface area contributed by atoms with Gasteiger partial charge in [0.2, 0.25) is 0 Å². The zero-order chi connectivity index (χ0) is 14.8. The standard InChI is InChI=1S/C17H14FNO2/c18-13-8-4-7-12-9-16(21-17(12)13)15(20)10-14(19)11-5-2-1-3-6-11/h1-9,14H,10,19H2. The number of rotatable bonds is 4. The van der Waals surface area contributed by atoms with Gasteiger partial charge in [0.1, 0.15) is 0 Å². The number of benzene rings is 2. The van der Waals surface area contributed by atoms with Crippen molar-refractivity contribution in [3.8, 4) is 0 Å². The van der Waals surface area contributed by atoms with E-state index in [2.05, 4.69) is 0 Å². The predicted molar refractivity (Wildman–Crippen MR) is 78.5 cm³/mol. The maximum absolute atomic E-state index is 13.6. The van der Waals surface area contributed by atoms with Crippen LogP contribution in [0, 0.1) is 5.82 Å². The molecular formula is C17H14FNO2. The first kappa shape index (κ1) is 13.5. The van der Waals surface area contributed by atoms with E-state index >= 15 is 0 Å². The molecule has 3 aromatic rings. The summed E-state index contributed by atoms with van der Waals surface area (Å²) in [4.78, 5) is 12.2. The lowest BCUT2D eigenvalue weighted by Gasteiger charge is -2.09. The third-order valence-corrected chi connectivity index (χ3v) is 3.40. The van der Waals surface area contributed by atoms with Crippen LogP contribution in [0.5, 0.6) is 0 Å². The van der Waals surface area contributed by atoms with Gasteiger partial charge in [-0.05, 0) is 17.7 Å². The average Bonchev–Trinajstić information content (AvgIpc) is 2.94. The number of halogens is 1. The third-order valence-electron chi connectivity index (χ3n) is 3.40. The van der Waals surface area contributed by atoms with Gasteiger partial charge >= 0.3 is 0 Å². The molecule has 1 atom stereocenters. The van der Waals surface area contributed by atoms with Gasteiger partial charge in [-0.3, -0.25) is 4.79 Å². The van der Waals surface area contributed by atoms with Crippen molar-refractivity contribution in [2.24, 2.45) is 5.73 Å². The Labute approximate surface area is 121 Å². The van der Waals surface area contributed by atoms with Crippen molar-refractivity contribution < 1.29 is 13.6 Å². The number of furan rings is 1. The Morgan fingerprint density at radius 2 is 1.90 bits per heavy atom. The monoisotopic (exact) mass is 283 g/mol. The van der Waals surface area contributed by atoms with Gasteiger partial charge in [-0.1, -0.05) is 42.5 Å². The second-order valence-corrected chi connectivity index (χ2v) is 4.91. The SMILES string of the molecule is NC(CC(=O)c1cc2cccc(F)c2o1)c1ccccc1. The normalized spacial score (nSPS) is 12.5. The number of carbonyl (C=O) groups excluding carboxylic acids is 1. The maximum atomic E-state index is 13.6. The zero-order valence-corrected chi connectivity index (χ0v) is 11.3. The summed E-state index contributed by atoms with van der Waals surface area (Å²) in [6.07, 6.45) is 0.117. The molecule has 106 valence electrons. The van der Waals surface area contributed by atoms with Gasteiger partial charge in [0, 0.05) is 17.8 Å². The smallest absolute Gasteiger partial charge is 0.199 e. The van der Waals surface area contributed by atoms with E-state index in [0.29, 0.717) is 5.39 Å². The van der Waals surface area contributed by atoms with Crippen molar-refractivity contribution in [3.63, 3.8) is 0 Å². The van der Waals surface area contributed by atoms with Gasteiger partial charge in [0.15, 0.2) is 22.9 Å². The van der Waals surface area contributed by atoms with Crippen LogP contribution in [0.3, 0.4) is 0 Å². The summed E-state index contributed by atoms with van der Waals surface area (Å²) in [5.74, 6) is -0.567. The van der Waals surface area contributed by atoms with Gasteiger partial charge in [0.05, 0.1) is 0 Å². The molecule has 2 aromatic carbocycles. The molecule has 0 bridgehead atoms. The fourth-order valence-electron chi connectivity index (χ4n) is 2.28. The topological polar surface area (TPSA) is 56.2 Å². The van der Waals surface area contributed by atoms with Crippen LogP contribution in [0.2, 0.25) is 0 Å². The van der Waals surface area contributed by atoms with Crippen LogP contribution in [0.4, 0.5) is 4.39 Å². The lowest BCUT2D eigenvalue weighted by atomic mass is 10.0. The highest BCUT2D eigenvalue weighted by Gasteiger charge is 2.18. The quantitative estimate of drug-likeness (QED) is 0.740. The second-order valence-electron chi connectivity index (χ2n) is 4.91. The van der Waals surface area contributed by atoms with Gasteiger partial charge in [0.25, 0.3) is 0 Å². The number of Topliss-reactive ketones (excluding diaryl/α,β-unsaturated/α-hetero) is 1. The maximum Gasteiger partial charge on any atom is 0.199 e. The average molecular weight is 283 g/mol. The van der Waals surface area contributed by atoms with Gasteiger partial charge in [-0.15, -0.1) is 0 Å². The van der Waals surface area contributed by atoms with Crippen molar-refractivity contribution in [2.45, 2.75) is 12.5 Å². The van der Waals surface area contributed by atoms with Crippen LogP contribution in [0.15, 0.2) is 59.0 Å². The van der Waals surface area contributed by atoms with E-state index in [4.69, 9.17) is 10.2 Å². The largest absolute Gasteiger partial charge is 0.450 e. The molecule has 0 aliphatic rings. The highest BCUT2D eigenvalue weighted by Crippen LogP contribution is 2.24. The Morgan fingerprint density at radius 3 is 2.62 bits per heavy atom. The molecular weight excluding hydrogens is 269 g/mol. The molecule has 0 saturated carbocycles. The minimum atomic E-state index is -0.473. The van der Waals surface area contributed by atoms with Crippen molar-refractivity contribution in [1.29, 1.82) is 0 Å². The van der Waals surface area contributed by atoms with Gasteiger partial charge in [-0.25, -0.2) is 4.39 Å². The summed E-state index contributed by atoms with van der Waals surface area (Å²) in [7, 11) is 0. The predicted octanol–water partition coefficient (Wildman–Crippen LogP) is 3.84. The molecule has 0 aliphatic carbocycles. The molecule has 2 N–H and O–H groups in total. The first-order valence-electron chi connectivity index (χ1n) is 6.67. The lowest BCUT2D eigenvalue weighted by molar-refractivity contribution is 0.0949. The van der Waals surface area contributed by atoms with Crippen LogP contribution in [-0.4, -0.2) is 5.78 Å². The summed E-state index contributed by atoms with van der Waals surface area (Å²) in [6, 6.07) is 15.1. The number of hydrogen-bond acceptors (Lipinski definition) is 3.